The molecule has 2 N–H and O–H groups in total. The minimum Gasteiger partial charge on any atom is -0.490 e. The summed E-state index contributed by atoms with van der Waals surface area (Å²) in [5, 5.41) is 0. The van der Waals surface area contributed by atoms with Crippen molar-refractivity contribution >= 4 is 46.7 Å². The van der Waals surface area contributed by atoms with Crippen LogP contribution in [0, 0.1) is 0 Å². The first-order chi connectivity index (χ1) is 19.3. The molecule has 0 radical (unpaired) electrons. The number of aromatic nitrogens is 2. The number of carbonyl (C=O) groups is 2. The van der Waals surface area contributed by atoms with Gasteiger partial charge in [-0.15, -0.1) is 0 Å². The quantitative estimate of drug-likeness (QED) is 0.271. The van der Waals surface area contributed by atoms with E-state index >= 15 is 0 Å². The molecule has 1 aliphatic rings. The van der Waals surface area contributed by atoms with Crippen LogP contribution < -0.4 is 25.2 Å². The predicted molar refractivity (Wildman–Crippen MR) is 162 cm³/mol. The Morgan fingerprint density at radius 2 is 1.68 bits per heavy atom. The fraction of sp³-hybridized carbons (Fsp3) is 0.333. The molecule has 40 heavy (non-hydrogen) atoms. The third-order valence-corrected chi connectivity index (χ3v) is 6.11. The minimum absolute atomic E-state index is 0.178. The smallest absolute Gasteiger partial charge is 0.250 e. The number of nitrogens with zero attached hydrogens (tertiary/aromatic N) is 6. The highest BCUT2D eigenvalue weighted by molar-refractivity contribution is 6.02. The number of carbonyl (C=O) groups excluding carboxylic acids is 2. The molecule has 4 rings (SSSR count). The number of nitrogens with two attached hydrogens (primary N) is 1. The molecule has 10 nitrogen and oxygen atoms in total. The third kappa shape index (κ3) is 7.57. The second-order valence-electron chi connectivity index (χ2n) is 9.36. The van der Waals surface area contributed by atoms with Gasteiger partial charge >= 0.3 is 0 Å². The fourth-order valence-electron chi connectivity index (χ4n) is 3.82. The first-order valence-electron chi connectivity index (χ1n) is 13.3. The molecule has 10 heteroatoms. The van der Waals surface area contributed by atoms with E-state index in [9.17, 15) is 9.59 Å². The highest BCUT2D eigenvalue weighted by Gasteiger charge is 2.24. The average molecular weight is 546 g/mol. The zero-order valence-corrected chi connectivity index (χ0v) is 24.1. The van der Waals surface area contributed by atoms with E-state index in [4.69, 9.17) is 10.5 Å². The lowest BCUT2D eigenvalue weighted by atomic mass is 10.2. The van der Waals surface area contributed by atoms with Crippen molar-refractivity contribution < 1.29 is 14.3 Å². The number of amides is 2. The normalized spacial score (nSPS) is 12.5. The summed E-state index contributed by atoms with van der Waals surface area (Å²) in [5.74, 6) is 1.16. The maximum absolute atomic E-state index is 12.7. The van der Waals surface area contributed by atoms with Crippen LogP contribution in [0.25, 0.3) is 0 Å². The molecule has 0 aliphatic heterocycles. The van der Waals surface area contributed by atoms with Gasteiger partial charge in [-0.05, 0) is 69.4 Å². The minimum atomic E-state index is -0.178. The zero-order chi connectivity index (χ0) is 29.2. The maximum atomic E-state index is 12.7. The first kappa shape index (κ1) is 30.1. The van der Waals surface area contributed by atoms with E-state index in [0.717, 1.165) is 24.3 Å². The van der Waals surface area contributed by atoms with E-state index in [1.165, 1.54) is 22.2 Å². The molecule has 0 saturated heterocycles. The maximum Gasteiger partial charge on any atom is 0.250 e. The molecule has 1 heterocycles. The number of nitrogen functional groups attached to an aromatic ring is 1. The summed E-state index contributed by atoms with van der Waals surface area (Å²) in [6.45, 7) is 4.65. The van der Waals surface area contributed by atoms with Crippen molar-refractivity contribution in [2.24, 2.45) is 0 Å². The Hall–Kier alpha value is -4.44. The van der Waals surface area contributed by atoms with Crippen LogP contribution in [-0.2, 0) is 9.59 Å². The summed E-state index contributed by atoms with van der Waals surface area (Å²) >= 11 is 0. The molecule has 212 valence electrons. The Balaban J connectivity index is 0.00000216. The summed E-state index contributed by atoms with van der Waals surface area (Å²) in [4.78, 5) is 40.3. The van der Waals surface area contributed by atoms with Crippen molar-refractivity contribution in [3.8, 4) is 5.75 Å². The van der Waals surface area contributed by atoms with Gasteiger partial charge in [0.1, 0.15) is 17.8 Å². The molecule has 0 atom stereocenters. The Morgan fingerprint density at radius 1 is 1.00 bits per heavy atom. The van der Waals surface area contributed by atoms with Crippen LogP contribution in [0.5, 0.6) is 5.75 Å². The molecule has 0 spiro atoms. The molecule has 2 amide bonds. The van der Waals surface area contributed by atoms with E-state index in [2.05, 4.69) is 9.97 Å². The second kappa shape index (κ2) is 14.1. The van der Waals surface area contributed by atoms with Gasteiger partial charge in [0.25, 0.3) is 0 Å². The lowest BCUT2D eigenvalue weighted by Crippen LogP contribution is -2.25. The molecule has 1 aliphatic carbocycles. The Labute approximate surface area is 236 Å². The molecule has 3 aromatic rings. The Morgan fingerprint density at radius 3 is 2.30 bits per heavy atom. The van der Waals surface area contributed by atoms with Gasteiger partial charge < -0.3 is 25.2 Å². The number of ether oxygens (including phenoxy) is 1. The molecular formula is C30H39N7O3. The van der Waals surface area contributed by atoms with Gasteiger partial charge in [0.05, 0.1) is 11.8 Å². The van der Waals surface area contributed by atoms with Crippen molar-refractivity contribution in [2.75, 3.05) is 55.2 Å². The number of hydrogen-bond acceptors (Lipinski definition) is 8. The summed E-state index contributed by atoms with van der Waals surface area (Å²) < 4.78 is 5.85. The van der Waals surface area contributed by atoms with Crippen LogP contribution in [0.1, 0.15) is 26.7 Å². The van der Waals surface area contributed by atoms with Crippen LogP contribution in [-0.4, -0.2) is 68.0 Å². The number of anilines is 6. The van der Waals surface area contributed by atoms with Gasteiger partial charge in [-0.3, -0.25) is 14.5 Å². The fourth-order valence-corrected chi connectivity index (χ4v) is 3.82. The van der Waals surface area contributed by atoms with Crippen molar-refractivity contribution in [2.45, 2.75) is 32.8 Å². The van der Waals surface area contributed by atoms with Crippen molar-refractivity contribution in [3.63, 3.8) is 0 Å². The summed E-state index contributed by atoms with van der Waals surface area (Å²) in [5.41, 5.74) is 8.74. The van der Waals surface area contributed by atoms with Gasteiger partial charge in [0.15, 0.2) is 11.6 Å². The number of likely N-dealkylation sites (N-methyl/N-ethyl adjacent to an activating group) is 2. The Bertz CT molecular complexity index is 1310. The highest BCUT2D eigenvalue weighted by Crippen LogP contribution is 2.39. The summed E-state index contributed by atoms with van der Waals surface area (Å²) in [6, 6.07) is 14.8. The lowest BCUT2D eigenvalue weighted by Gasteiger charge is -2.27. The van der Waals surface area contributed by atoms with E-state index in [1.54, 1.807) is 37.4 Å². The van der Waals surface area contributed by atoms with Gasteiger partial charge in [-0.1, -0.05) is 26.0 Å². The standard InChI is InChI=1S/C28H33N7O3.C2H6/c1-32(2)16-6-9-25(37)33(3)21-7-5-8-22(17-21)35(19-36)28-26(27(29)30-18-31-28)34(4)20-10-12-23(13-11-20)38-24-14-15-24;1-2/h5-13,17-19,24H,14-16H2,1-4H3,(H2,29,30,31);1-2H3/b9-6+;. The van der Waals surface area contributed by atoms with E-state index < -0.39 is 0 Å². The third-order valence-electron chi connectivity index (χ3n) is 6.11. The SMILES string of the molecule is CC.CN(C)C/C=C/C(=O)N(C)c1cccc(N(C=O)c2ncnc(N)c2N(C)c2ccc(OC3CC3)cc2)c1. The van der Waals surface area contributed by atoms with Crippen LogP contribution >= 0.6 is 0 Å². The van der Waals surface area contributed by atoms with Crippen molar-refractivity contribution in [1.82, 2.24) is 14.9 Å². The molecule has 0 unspecified atom stereocenters. The van der Waals surface area contributed by atoms with Crippen LogP contribution in [0.15, 0.2) is 67.0 Å². The molecule has 0 bridgehead atoms. The zero-order valence-electron chi connectivity index (χ0n) is 24.1. The first-order valence-corrected chi connectivity index (χ1v) is 13.3. The number of benzene rings is 2. The molecule has 1 aromatic heterocycles. The largest absolute Gasteiger partial charge is 0.490 e. The van der Waals surface area contributed by atoms with Crippen LogP contribution in [0.3, 0.4) is 0 Å². The van der Waals surface area contributed by atoms with E-state index in [1.807, 2.05) is 69.1 Å². The lowest BCUT2D eigenvalue weighted by molar-refractivity contribution is -0.114. The van der Waals surface area contributed by atoms with E-state index in [0.29, 0.717) is 41.9 Å². The van der Waals surface area contributed by atoms with Gasteiger partial charge in [0.2, 0.25) is 12.3 Å². The monoisotopic (exact) mass is 545 g/mol. The number of hydrogen-bond donors (Lipinski definition) is 1. The van der Waals surface area contributed by atoms with Crippen molar-refractivity contribution in [3.05, 3.63) is 67.0 Å². The predicted octanol–water partition coefficient (Wildman–Crippen LogP) is 4.77. The number of rotatable bonds is 11. The van der Waals surface area contributed by atoms with Gasteiger partial charge in [-0.25, -0.2) is 9.97 Å². The average Bonchev–Trinajstić information content (AvgIpc) is 3.78. The topological polar surface area (TPSA) is 108 Å². The molecule has 2 aromatic carbocycles. The molecule has 1 fully saturated rings. The molecular weight excluding hydrogens is 506 g/mol. The summed E-state index contributed by atoms with van der Waals surface area (Å²) in [6.07, 6.45) is 7.80. The van der Waals surface area contributed by atoms with Gasteiger partial charge in [0, 0.05) is 38.1 Å². The van der Waals surface area contributed by atoms with Crippen molar-refractivity contribution in [1.29, 1.82) is 0 Å². The van der Waals surface area contributed by atoms with E-state index in [-0.39, 0.29) is 11.7 Å². The van der Waals surface area contributed by atoms with Gasteiger partial charge in [-0.2, -0.15) is 0 Å². The summed E-state index contributed by atoms with van der Waals surface area (Å²) in [7, 11) is 7.38. The second-order valence-corrected chi connectivity index (χ2v) is 9.36. The Kier molecular flexibility index (Phi) is 10.6. The van der Waals surface area contributed by atoms with Crippen LogP contribution in [0.2, 0.25) is 0 Å². The highest BCUT2D eigenvalue weighted by atomic mass is 16.5. The van der Waals surface area contributed by atoms with Crippen LogP contribution in [0.4, 0.5) is 34.4 Å². The molecule has 1 saturated carbocycles.